The second kappa shape index (κ2) is 8.04. The zero-order valence-corrected chi connectivity index (χ0v) is 15.6. The number of carbonyl (C=O) groups excluding carboxylic acids is 1. The molecule has 1 saturated heterocycles. The van der Waals surface area contributed by atoms with Gasteiger partial charge < -0.3 is 15.0 Å². The predicted molar refractivity (Wildman–Crippen MR) is 97.2 cm³/mol. The van der Waals surface area contributed by atoms with Gasteiger partial charge in [0.15, 0.2) is 0 Å². The Hall–Kier alpha value is -2.84. The van der Waals surface area contributed by atoms with E-state index in [2.05, 4.69) is 15.3 Å². The highest BCUT2D eigenvalue weighted by atomic mass is 19.4. The number of aryl methyl sites for hydroxylation is 2. The van der Waals surface area contributed by atoms with Crippen LogP contribution in [-0.4, -0.2) is 40.1 Å². The molecule has 9 heteroatoms. The third kappa shape index (κ3) is 5.11. The SMILES string of the molecule is Cc1cc(O[C@H]2CCCN(C(=O)Nc3ccc(C(F)(F)F)cc3)C2)nc(C)n1. The van der Waals surface area contributed by atoms with E-state index in [4.69, 9.17) is 4.74 Å². The normalized spacial score (nSPS) is 17.3. The number of hydrogen-bond acceptors (Lipinski definition) is 4. The molecule has 0 aliphatic carbocycles. The van der Waals surface area contributed by atoms with Gasteiger partial charge >= 0.3 is 12.2 Å². The molecule has 0 unspecified atom stereocenters. The third-order valence-corrected chi connectivity index (χ3v) is 4.36. The number of carbonyl (C=O) groups is 1. The minimum atomic E-state index is -4.41. The lowest BCUT2D eigenvalue weighted by Gasteiger charge is -2.32. The van der Waals surface area contributed by atoms with Gasteiger partial charge in [-0.3, -0.25) is 0 Å². The van der Waals surface area contributed by atoms with Crippen molar-refractivity contribution in [2.24, 2.45) is 0 Å². The van der Waals surface area contributed by atoms with Crippen LogP contribution in [0.25, 0.3) is 0 Å². The number of benzene rings is 1. The molecule has 0 radical (unpaired) electrons. The molecule has 1 atom stereocenters. The van der Waals surface area contributed by atoms with Crippen LogP contribution in [-0.2, 0) is 6.18 Å². The number of piperidine rings is 1. The summed E-state index contributed by atoms with van der Waals surface area (Å²) < 4.78 is 43.8. The number of likely N-dealkylation sites (tertiary alicyclic amines) is 1. The lowest BCUT2D eigenvalue weighted by atomic mass is 10.1. The van der Waals surface area contributed by atoms with Gasteiger partial charge in [0, 0.05) is 24.0 Å². The molecule has 1 aromatic carbocycles. The van der Waals surface area contributed by atoms with Gasteiger partial charge in [-0.2, -0.15) is 18.2 Å². The molecular formula is C19H21F3N4O2. The van der Waals surface area contributed by atoms with E-state index in [1.807, 2.05) is 6.92 Å². The molecule has 1 aromatic heterocycles. The molecule has 1 fully saturated rings. The Morgan fingerprint density at radius 3 is 2.57 bits per heavy atom. The molecule has 1 aliphatic rings. The smallest absolute Gasteiger partial charge is 0.416 e. The summed E-state index contributed by atoms with van der Waals surface area (Å²) in [6, 6.07) is 5.74. The number of nitrogens with zero attached hydrogens (tertiary/aromatic N) is 3. The fourth-order valence-corrected chi connectivity index (χ4v) is 3.08. The van der Waals surface area contributed by atoms with Crippen molar-refractivity contribution in [3.8, 4) is 5.88 Å². The van der Waals surface area contributed by atoms with Crippen molar-refractivity contribution in [3.05, 3.63) is 47.4 Å². The number of urea groups is 1. The van der Waals surface area contributed by atoms with Gasteiger partial charge in [0.05, 0.1) is 12.1 Å². The Bertz CT molecular complexity index is 820. The van der Waals surface area contributed by atoms with E-state index >= 15 is 0 Å². The second-order valence-corrected chi connectivity index (χ2v) is 6.73. The molecule has 2 heterocycles. The summed E-state index contributed by atoms with van der Waals surface area (Å²) >= 11 is 0. The Morgan fingerprint density at radius 1 is 1.21 bits per heavy atom. The molecule has 0 spiro atoms. The van der Waals surface area contributed by atoms with Crippen molar-refractivity contribution in [1.29, 1.82) is 0 Å². The van der Waals surface area contributed by atoms with E-state index in [0.29, 0.717) is 30.5 Å². The van der Waals surface area contributed by atoms with Crippen molar-refractivity contribution in [2.75, 3.05) is 18.4 Å². The van der Waals surface area contributed by atoms with E-state index < -0.39 is 11.7 Å². The highest BCUT2D eigenvalue weighted by molar-refractivity contribution is 5.89. The van der Waals surface area contributed by atoms with Gasteiger partial charge in [-0.05, 0) is 51.0 Å². The van der Waals surface area contributed by atoms with E-state index in [9.17, 15) is 18.0 Å². The molecule has 0 saturated carbocycles. The predicted octanol–water partition coefficient (Wildman–Crippen LogP) is 4.19. The topological polar surface area (TPSA) is 67.3 Å². The Labute approximate surface area is 160 Å². The molecule has 150 valence electrons. The van der Waals surface area contributed by atoms with Crippen LogP contribution >= 0.6 is 0 Å². The number of alkyl halides is 3. The molecule has 1 N–H and O–H groups in total. The number of aromatic nitrogens is 2. The first-order chi connectivity index (χ1) is 13.2. The minimum Gasteiger partial charge on any atom is -0.472 e. The van der Waals surface area contributed by atoms with Gasteiger partial charge in [-0.1, -0.05) is 0 Å². The standard InChI is InChI=1S/C19H21F3N4O2/c1-12-10-17(24-13(2)23-12)28-16-4-3-9-26(11-16)18(27)25-15-7-5-14(6-8-15)19(20,21)22/h5-8,10,16H,3-4,9,11H2,1-2H3,(H,25,27)/t16-/m0/s1. The summed E-state index contributed by atoms with van der Waals surface area (Å²) in [4.78, 5) is 22.5. The highest BCUT2D eigenvalue weighted by Gasteiger charge is 2.30. The largest absolute Gasteiger partial charge is 0.472 e. The van der Waals surface area contributed by atoms with Gasteiger partial charge in [0.25, 0.3) is 0 Å². The first kappa shape index (κ1) is 19.9. The summed E-state index contributed by atoms with van der Waals surface area (Å²) in [6.07, 6.45) is -3.07. The van der Waals surface area contributed by atoms with Gasteiger partial charge in [-0.15, -0.1) is 0 Å². The van der Waals surface area contributed by atoms with Crippen LogP contribution in [0, 0.1) is 13.8 Å². The molecule has 3 rings (SSSR count). The van der Waals surface area contributed by atoms with Crippen LogP contribution in [0.4, 0.5) is 23.7 Å². The maximum atomic E-state index is 12.6. The van der Waals surface area contributed by atoms with Gasteiger partial charge in [0.2, 0.25) is 5.88 Å². The summed E-state index contributed by atoms with van der Waals surface area (Å²) in [6.45, 7) is 4.56. The van der Waals surface area contributed by atoms with E-state index in [1.165, 1.54) is 12.1 Å². The first-order valence-corrected chi connectivity index (χ1v) is 8.93. The fraction of sp³-hybridized carbons (Fsp3) is 0.421. The zero-order chi connectivity index (χ0) is 20.3. The number of nitrogens with one attached hydrogen (secondary N) is 1. The van der Waals surface area contributed by atoms with E-state index in [0.717, 1.165) is 30.7 Å². The molecule has 2 aromatic rings. The summed E-state index contributed by atoms with van der Waals surface area (Å²) in [5.74, 6) is 1.09. The lowest BCUT2D eigenvalue weighted by molar-refractivity contribution is -0.137. The summed E-state index contributed by atoms with van der Waals surface area (Å²) in [5, 5.41) is 2.63. The molecule has 6 nitrogen and oxygen atoms in total. The van der Waals surface area contributed by atoms with Crippen molar-refractivity contribution >= 4 is 11.7 Å². The van der Waals surface area contributed by atoms with Crippen LogP contribution in [0.3, 0.4) is 0 Å². The first-order valence-electron chi connectivity index (χ1n) is 8.93. The van der Waals surface area contributed by atoms with Crippen LogP contribution < -0.4 is 10.1 Å². The summed E-state index contributed by atoms with van der Waals surface area (Å²) in [5.41, 5.74) is 0.352. The molecule has 0 bridgehead atoms. The second-order valence-electron chi connectivity index (χ2n) is 6.73. The molecule has 28 heavy (non-hydrogen) atoms. The molecule has 1 aliphatic heterocycles. The third-order valence-electron chi connectivity index (χ3n) is 4.36. The number of halogens is 3. The number of amides is 2. The van der Waals surface area contributed by atoms with Crippen molar-refractivity contribution in [2.45, 2.75) is 39.0 Å². The molecular weight excluding hydrogens is 373 g/mol. The Balaban J connectivity index is 1.59. The van der Waals surface area contributed by atoms with Crippen molar-refractivity contribution in [1.82, 2.24) is 14.9 Å². The number of ether oxygens (including phenoxy) is 1. The number of rotatable bonds is 3. The van der Waals surface area contributed by atoms with E-state index in [-0.39, 0.29) is 12.1 Å². The average molecular weight is 394 g/mol. The van der Waals surface area contributed by atoms with Crippen LogP contribution in [0.1, 0.15) is 29.9 Å². The van der Waals surface area contributed by atoms with Crippen LogP contribution in [0.2, 0.25) is 0 Å². The van der Waals surface area contributed by atoms with Crippen LogP contribution in [0.15, 0.2) is 30.3 Å². The van der Waals surface area contributed by atoms with Gasteiger partial charge in [-0.25, -0.2) is 9.78 Å². The summed E-state index contributed by atoms with van der Waals surface area (Å²) in [7, 11) is 0. The highest BCUT2D eigenvalue weighted by Crippen LogP contribution is 2.30. The van der Waals surface area contributed by atoms with Crippen LogP contribution in [0.5, 0.6) is 5.88 Å². The van der Waals surface area contributed by atoms with Crippen molar-refractivity contribution in [3.63, 3.8) is 0 Å². The van der Waals surface area contributed by atoms with Gasteiger partial charge in [0.1, 0.15) is 11.9 Å². The Morgan fingerprint density at radius 2 is 1.93 bits per heavy atom. The van der Waals surface area contributed by atoms with Crippen molar-refractivity contribution < 1.29 is 22.7 Å². The molecule has 2 amide bonds. The average Bonchev–Trinajstić information content (AvgIpc) is 2.61. The lowest BCUT2D eigenvalue weighted by Crippen LogP contribution is -2.46. The fourth-order valence-electron chi connectivity index (χ4n) is 3.08. The van der Waals surface area contributed by atoms with E-state index in [1.54, 1.807) is 17.9 Å². The number of hydrogen-bond donors (Lipinski definition) is 1. The minimum absolute atomic E-state index is 0.208. The monoisotopic (exact) mass is 394 g/mol. The Kier molecular flexibility index (Phi) is 5.71. The maximum absolute atomic E-state index is 12.6. The maximum Gasteiger partial charge on any atom is 0.416 e. The zero-order valence-electron chi connectivity index (χ0n) is 15.6. The quantitative estimate of drug-likeness (QED) is 0.848. The number of anilines is 1.